The summed E-state index contributed by atoms with van der Waals surface area (Å²) in [4.78, 5) is 0. The quantitative estimate of drug-likeness (QED) is 0.535. The smallest absolute Gasteiger partial charge is 0.189 e. The molecule has 2 saturated heterocycles. The lowest BCUT2D eigenvalue weighted by Crippen LogP contribution is -2.29. The molecule has 0 aliphatic carbocycles. The van der Waals surface area contributed by atoms with Crippen molar-refractivity contribution in [2.75, 3.05) is 6.61 Å². The molecule has 4 nitrogen and oxygen atoms in total. The van der Waals surface area contributed by atoms with Crippen LogP contribution in [-0.4, -0.2) is 36.0 Å². The largest absolute Gasteiger partial charge is 0.388 e. The second-order valence-electron chi connectivity index (χ2n) is 3.37. The van der Waals surface area contributed by atoms with E-state index in [0.717, 1.165) is 0 Å². The summed E-state index contributed by atoms with van der Waals surface area (Å²) in [5, 5.41) is 9.30. The fraction of sp³-hybridized carbons (Fsp3) is 1.00. The zero-order chi connectivity index (χ0) is 8.06. The van der Waals surface area contributed by atoms with Crippen molar-refractivity contribution in [2.24, 2.45) is 0 Å². The monoisotopic (exact) mass is 160 g/mol. The van der Waals surface area contributed by atoms with Crippen LogP contribution in [0.4, 0.5) is 0 Å². The molecule has 1 N–H and O–H groups in total. The van der Waals surface area contributed by atoms with Gasteiger partial charge < -0.3 is 19.3 Å². The zero-order valence-corrected chi connectivity index (χ0v) is 6.61. The summed E-state index contributed by atoms with van der Waals surface area (Å²) in [7, 11) is 0. The Kier molecular flexibility index (Phi) is 1.47. The number of fused-ring (bicyclic) bond motifs is 1. The highest BCUT2D eigenvalue weighted by molar-refractivity contribution is 4.86. The molecule has 0 aromatic heterocycles. The van der Waals surface area contributed by atoms with Crippen LogP contribution in [0.2, 0.25) is 0 Å². The van der Waals surface area contributed by atoms with E-state index in [1.165, 1.54) is 0 Å². The van der Waals surface area contributed by atoms with E-state index in [1.807, 2.05) is 0 Å². The van der Waals surface area contributed by atoms with Gasteiger partial charge in [-0.1, -0.05) is 0 Å². The van der Waals surface area contributed by atoms with Crippen molar-refractivity contribution in [2.45, 2.75) is 38.1 Å². The molecule has 2 aliphatic heterocycles. The molecule has 1 unspecified atom stereocenters. The van der Waals surface area contributed by atoms with Crippen LogP contribution >= 0.6 is 0 Å². The minimum atomic E-state index is -0.614. The predicted octanol–water partition coefficient (Wildman–Crippen LogP) is -0.145. The predicted molar refractivity (Wildman–Crippen MR) is 35.8 cm³/mol. The van der Waals surface area contributed by atoms with Gasteiger partial charge in [0.05, 0.1) is 6.61 Å². The summed E-state index contributed by atoms with van der Waals surface area (Å²) in [5.74, 6) is -0.614. The van der Waals surface area contributed by atoms with E-state index < -0.39 is 11.9 Å². The highest BCUT2D eigenvalue weighted by atomic mass is 16.8. The second kappa shape index (κ2) is 2.17. The fourth-order valence-corrected chi connectivity index (χ4v) is 1.43. The summed E-state index contributed by atoms with van der Waals surface area (Å²) in [6.45, 7) is 3.92. The van der Waals surface area contributed by atoms with Crippen molar-refractivity contribution in [1.82, 2.24) is 0 Å². The first-order valence-corrected chi connectivity index (χ1v) is 3.74. The molecule has 2 aliphatic rings. The van der Waals surface area contributed by atoms with Gasteiger partial charge in [-0.25, -0.2) is 0 Å². The van der Waals surface area contributed by atoms with Crippen molar-refractivity contribution in [3.8, 4) is 0 Å². The SMILES string of the molecule is CC1(C)O[C@H]2OCC(O)[C@H]2O1. The Morgan fingerprint density at radius 2 is 2.09 bits per heavy atom. The van der Waals surface area contributed by atoms with Gasteiger partial charge in [-0.3, -0.25) is 0 Å². The molecule has 64 valence electrons. The lowest BCUT2D eigenvalue weighted by molar-refractivity contribution is -0.200. The molecule has 0 bridgehead atoms. The van der Waals surface area contributed by atoms with Gasteiger partial charge in [-0.2, -0.15) is 0 Å². The molecular weight excluding hydrogens is 148 g/mol. The van der Waals surface area contributed by atoms with E-state index in [0.29, 0.717) is 6.61 Å². The molecule has 4 heteroatoms. The molecule has 0 saturated carbocycles. The van der Waals surface area contributed by atoms with Crippen LogP contribution in [0.3, 0.4) is 0 Å². The van der Waals surface area contributed by atoms with Gasteiger partial charge in [-0.05, 0) is 13.8 Å². The van der Waals surface area contributed by atoms with E-state index in [-0.39, 0.29) is 12.4 Å². The van der Waals surface area contributed by atoms with Crippen LogP contribution in [0, 0.1) is 0 Å². The summed E-state index contributed by atoms with van der Waals surface area (Å²) in [6, 6.07) is 0. The maximum atomic E-state index is 9.30. The number of aliphatic hydroxyl groups excluding tert-OH is 1. The Hall–Kier alpha value is -0.160. The van der Waals surface area contributed by atoms with Crippen LogP contribution in [0.1, 0.15) is 13.8 Å². The topological polar surface area (TPSA) is 47.9 Å². The molecule has 2 fully saturated rings. The van der Waals surface area contributed by atoms with E-state index in [9.17, 15) is 5.11 Å². The van der Waals surface area contributed by atoms with Crippen molar-refractivity contribution < 1.29 is 19.3 Å². The summed E-state index contributed by atoms with van der Waals surface area (Å²) in [5.41, 5.74) is 0. The standard InChI is InChI=1S/C7H12O4/c1-7(2)10-5-4(8)3-9-6(5)11-7/h4-6,8H,3H2,1-2H3/t4?,5-,6-/m1/s1. The van der Waals surface area contributed by atoms with Crippen molar-refractivity contribution in [1.29, 1.82) is 0 Å². The molecule has 11 heavy (non-hydrogen) atoms. The molecule has 2 heterocycles. The first-order chi connectivity index (χ1) is 5.08. The van der Waals surface area contributed by atoms with Gasteiger partial charge in [0.25, 0.3) is 0 Å². The van der Waals surface area contributed by atoms with Crippen molar-refractivity contribution in [3.63, 3.8) is 0 Å². The number of ether oxygens (including phenoxy) is 3. The van der Waals surface area contributed by atoms with Gasteiger partial charge in [0.1, 0.15) is 12.2 Å². The normalized spacial score (nSPS) is 47.7. The zero-order valence-electron chi connectivity index (χ0n) is 6.61. The molecule has 3 atom stereocenters. The van der Waals surface area contributed by atoms with Crippen molar-refractivity contribution in [3.05, 3.63) is 0 Å². The maximum absolute atomic E-state index is 9.30. The Labute approximate surface area is 65.1 Å². The molecular formula is C7H12O4. The summed E-state index contributed by atoms with van der Waals surface area (Å²) < 4.78 is 15.9. The number of aliphatic hydroxyl groups is 1. The lowest BCUT2D eigenvalue weighted by atomic mass is 10.2. The van der Waals surface area contributed by atoms with Crippen LogP contribution in [-0.2, 0) is 14.2 Å². The first-order valence-electron chi connectivity index (χ1n) is 3.74. The van der Waals surface area contributed by atoms with Gasteiger partial charge in [0.2, 0.25) is 0 Å². The first kappa shape index (κ1) is 7.49. The Morgan fingerprint density at radius 3 is 2.73 bits per heavy atom. The van der Waals surface area contributed by atoms with Crippen LogP contribution in [0.25, 0.3) is 0 Å². The molecule has 0 spiro atoms. The lowest BCUT2D eigenvalue weighted by Gasteiger charge is -2.18. The average Bonchev–Trinajstić information content (AvgIpc) is 2.31. The maximum Gasteiger partial charge on any atom is 0.189 e. The number of rotatable bonds is 0. The Morgan fingerprint density at radius 1 is 1.36 bits per heavy atom. The van der Waals surface area contributed by atoms with Gasteiger partial charge in [-0.15, -0.1) is 0 Å². The minimum Gasteiger partial charge on any atom is -0.388 e. The highest BCUT2D eigenvalue weighted by Crippen LogP contribution is 2.34. The fourth-order valence-electron chi connectivity index (χ4n) is 1.43. The summed E-state index contributed by atoms with van der Waals surface area (Å²) in [6.07, 6.45) is -1.22. The van der Waals surface area contributed by atoms with Crippen LogP contribution in [0.15, 0.2) is 0 Å². The van der Waals surface area contributed by atoms with Crippen LogP contribution in [0.5, 0.6) is 0 Å². The highest BCUT2D eigenvalue weighted by Gasteiger charge is 2.49. The molecule has 0 amide bonds. The van der Waals surface area contributed by atoms with E-state index in [1.54, 1.807) is 13.8 Å². The summed E-state index contributed by atoms with van der Waals surface area (Å²) >= 11 is 0. The number of hydrogen-bond donors (Lipinski definition) is 1. The number of hydrogen-bond acceptors (Lipinski definition) is 4. The van der Waals surface area contributed by atoms with Gasteiger partial charge >= 0.3 is 0 Å². The Bertz CT molecular complexity index is 168. The average molecular weight is 160 g/mol. The Balaban J connectivity index is 2.10. The van der Waals surface area contributed by atoms with Gasteiger partial charge in [0, 0.05) is 0 Å². The third-order valence-corrected chi connectivity index (χ3v) is 1.90. The van der Waals surface area contributed by atoms with E-state index in [2.05, 4.69) is 0 Å². The van der Waals surface area contributed by atoms with E-state index >= 15 is 0 Å². The van der Waals surface area contributed by atoms with Crippen LogP contribution < -0.4 is 0 Å². The third kappa shape index (κ3) is 1.16. The van der Waals surface area contributed by atoms with Gasteiger partial charge in [0.15, 0.2) is 12.1 Å². The third-order valence-electron chi connectivity index (χ3n) is 1.90. The molecule has 0 aromatic rings. The molecule has 0 radical (unpaired) electrons. The second-order valence-corrected chi connectivity index (χ2v) is 3.37. The minimum absolute atomic E-state index is 0.301. The molecule has 0 aromatic carbocycles. The van der Waals surface area contributed by atoms with E-state index in [4.69, 9.17) is 14.2 Å². The molecule has 2 rings (SSSR count). The van der Waals surface area contributed by atoms with Crippen molar-refractivity contribution >= 4 is 0 Å².